The number of rotatable bonds is 9. The Kier molecular flexibility index (Phi) is 9.02. The van der Waals surface area contributed by atoms with Crippen molar-refractivity contribution < 1.29 is 35.9 Å². The second-order valence-electron chi connectivity index (χ2n) is 9.24. The number of hydrogen-bond acceptors (Lipinski definition) is 10. The molecule has 2 unspecified atom stereocenters. The third-order valence-electron chi connectivity index (χ3n) is 6.08. The number of aromatic nitrogens is 1. The van der Waals surface area contributed by atoms with Crippen molar-refractivity contribution >= 4 is 55.0 Å². The first kappa shape index (κ1) is 30.1. The molecule has 1 amide bonds. The highest BCUT2D eigenvalue weighted by Gasteiger charge is 2.46. The lowest BCUT2D eigenvalue weighted by Crippen LogP contribution is -2.43. The van der Waals surface area contributed by atoms with Crippen LogP contribution in [0.3, 0.4) is 0 Å². The Morgan fingerprint density at radius 3 is 2.73 bits per heavy atom. The molecule has 2 aliphatic heterocycles. The topological polar surface area (TPSA) is 130 Å². The van der Waals surface area contributed by atoms with Crippen LogP contribution in [0.2, 0.25) is 0 Å². The third-order valence-corrected chi connectivity index (χ3v) is 8.14. The smallest absolute Gasteiger partial charge is 0.338 e. The van der Waals surface area contributed by atoms with E-state index in [1.165, 1.54) is 34.4 Å². The second-order valence-corrected chi connectivity index (χ2v) is 12.7. The number of thiazole rings is 1. The molecule has 0 bridgehead atoms. The molecule has 0 radical (unpaired) electrons. The van der Waals surface area contributed by atoms with Crippen LogP contribution in [0.15, 0.2) is 50.5 Å². The number of nitrogens with one attached hydrogen (secondary N) is 2. The Hall–Kier alpha value is -2.82. The van der Waals surface area contributed by atoms with E-state index < -0.39 is 65.1 Å². The molecule has 2 atom stereocenters. The van der Waals surface area contributed by atoms with Crippen molar-refractivity contribution in [3.63, 3.8) is 0 Å². The van der Waals surface area contributed by atoms with E-state index in [1.807, 2.05) is 0 Å². The molecule has 0 saturated carbocycles. The monoisotopic (exact) mass is 663 g/mol. The lowest BCUT2D eigenvalue weighted by Gasteiger charge is -2.31. The van der Waals surface area contributed by atoms with Gasteiger partial charge in [-0.2, -0.15) is 0 Å². The Bertz CT molecular complexity index is 1470. The van der Waals surface area contributed by atoms with Crippen LogP contribution >= 0.6 is 27.3 Å². The van der Waals surface area contributed by atoms with Gasteiger partial charge in [0.25, 0.3) is 5.92 Å². The molecular weight excluding hydrogens is 639 g/mol. The number of alkyl halides is 2. The van der Waals surface area contributed by atoms with Gasteiger partial charge in [0.1, 0.15) is 11.9 Å². The van der Waals surface area contributed by atoms with Crippen LogP contribution < -0.4 is 10.0 Å². The van der Waals surface area contributed by atoms with Crippen LogP contribution in [0.25, 0.3) is 0 Å². The number of benzene rings is 1. The first-order valence-electron chi connectivity index (χ1n) is 12.0. The number of amides is 1. The van der Waals surface area contributed by atoms with Crippen LogP contribution in [0.5, 0.6) is 0 Å². The number of hydrogen-bond donors (Lipinski definition) is 2. The van der Waals surface area contributed by atoms with E-state index in [0.29, 0.717) is 15.0 Å². The molecule has 10 nitrogen and oxygen atoms in total. The number of halogens is 4. The summed E-state index contributed by atoms with van der Waals surface area (Å²) in [6.07, 6.45) is 1.15. The molecule has 1 aromatic carbocycles. The van der Waals surface area contributed by atoms with Crippen molar-refractivity contribution in [3.8, 4) is 0 Å². The molecule has 2 aliphatic rings. The van der Waals surface area contributed by atoms with Crippen molar-refractivity contribution in [1.82, 2.24) is 19.9 Å². The summed E-state index contributed by atoms with van der Waals surface area (Å²) in [5.41, 5.74) is 0.628. The van der Waals surface area contributed by atoms with Gasteiger partial charge in [-0.05, 0) is 24.6 Å². The van der Waals surface area contributed by atoms with Crippen LogP contribution in [0.1, 0.15) is 36.4 Å². The van der Waals surface area contributed by atoms with Gasteiger partial charge in [0.2, 0.25) is 15.9 Å². The van der Waals surface area contributed by atoms with Gasteiger partial charge in [-0.3, -0.25) is 19.4 Å². The minimum atomic E-state index is -3.88. The summed E-state index contributed by atoms with van der Waals surface area (Å²) in [7, 11) is -3.88. The van der Waals surface area contributed by atoms with Crippen molar-refractivity contribution in [1.29, 1.82) is 0 Å². The highest BCUT2D eigenvalue weighted by Crippen LogP contribution is 2.39. The van der Waals surface area contributed by atoms with Crippen molar-refractivity contribution in [2.24, 2.45) is 4.99 Å². The fourth-order valence-electron chi connectivity index (χ4n) is 4.58. The Balaban J connectivity index is 1.78. The quantitative estimate of drug-likeness (QED) is 0.392. The number of amidine groups is 1. The van der Waals surface area contributed by atoms with E-state index in [-0.39, 0.29) is 30.3 Å². The molecule has 1 fully saturated rings. The average Bonchev–Trinajstić information content (AvgIpc) is 3.45. The zero-order chi connectivity index (χ0) is 29.2. The Labute approximate surface area is 240 Å². The summed E-state index contributed by atoms with van der Waals surface area (Å²) in [5, 5.41) is 5.22. The predicted molar refractivity (Wildman–Crippen MR) is 145 cm³/mol. The first-order valence-corrected chi connectivity index (χ1v) is 15.5. The van der Waals surface area contributed by atoms with E-state index in [2.05, 4.69) is 31.2 Å². The Morgan fingerprint density at radius 2 is 2.10 bits per heavy atom. The molecule has 2 N–H and O–H groups in total. The number of carbonyl (C=O) groups is 2. The van der Waals surface area contributed by atoms with E-state index in [9.17, 15) is 31.2 Å². The number of esters is 1. The van der Waals surface area contributed by atoms with Crippen molar-refractivity contribution in [2.75, 3.05) is 26.0 Å². The van der Waals surface area contributed by atoms with Crippen LogP contribution in [0, 0.1) is 5.82 Å². The first-order chi connectivity index (χ1) is 18.8. The maximum atomic E-state index is 14.6. The molecule has 16 heteroatoms. The standard InChI is InChI=1S/C24H25BrF3N5O5S2/c1-3-38-23(35)19-17(11-33-12-24(27,28)10-14(33)9-18(34)32-40(2,36)37)30-21(22-29-6-7-39-22)31-20(19)15-5-4-13(26)8-16(15)25/h4-8,14,20H,3,9-12H2,1-2H3,(H,30,31)(H,32,34). The molecule has 40 heavy (non-hydrogen) atoms. The van der Waals surface area contributed by atoms with Gasteiger partial charge in [0.05, 0.1) is 25.0 Å². The van der Waals surface area contributed by atoms with Gasteiger partial charge < -0.3 is 10.1 Å². The third kappa shape index (κ3) is 7.27. The highest BCUT2D eigenvalue weighted by molar-refractivity contribution is 9.10. The number of likely N-dealkylation sites (tertiary alicyclic amines) is 1. The highest BCUT2D eigenvalue weighted by atomic mass is 79.9. The minimum absolute atomic E-state index is 0.0176. The van der Waals surface area contributed by atoms with E-state index in [4.69, 9.17) is 4.74 Å². The SMILES string of the molecule is CCOC(=O)C1=C(CN2CC(F)(F)CC2CC(=O)NS(C)(=O)=O)NC(c2nccs2)=NC1c1ccc(F)cc1Br. The number of aliphatic imine (C=N–C) groups is 1. The number of ether oxygens (including phenoxy) is 1. The van der Waals surface area contributed by atoms with Gasteiger partial charge in [-0.15, -0.1) is 11.3 Å². The molecule has 216 valence electrons. The van der Waals surface area contributed by atoms with E-state index in [0.717, 1.165) is 6.26 Å². The van der Waals surface area contributed by atoms with Gasteiger partial charge in [0, 0.05) is 47.2 Å². The summed E-state index contributed by atoms with van der Waals surface area (Å²) in [5.74, 6) is -5.11. The summed E-state index contributed by atoms with van der Waals surface area (Å²) in [6, 6.07) is 1.83. The van der Waals surface area contributed by atoms with Gasteiger partial charge in [-0.25, -0.2) is 31.4 Å². The summed E-state index contributed by atoms with van der Waals surface area (Å²) < 4.78 is 73.5. The second kappa shape index (κ2) is 12.0. The lowest BCUT2D eigenvalue weighted by atomic mass is 9.95. The van der Waals surface area contributed by atoms with Crippen LogP contribution in [-0.2, 0) is 24.3 Å². The molecule has 3 heterocycles. The van der Waals surface area contributed by atoms with Crippen LogP contribution in [-0.4, -0.2) is 73.9 Å². The maximum Gasteiger partial charge on any atom is 0.338 e. The summed E-state index contributed by atoms with van der Waals surface area (Å²) >= 11 is 4.58. The molecule has 1 saturated heterocycles. The molecule has 0 spiro atoms. The molecular formula is C24H25BrF3N5O5S2. The van der Waals surface area contributed by atoms with Gasteiger partial charge >= 0.3 is 5.97 Å². The Morgan fingerprint density at radius 1 is 1.35 bits per heavy atom. The fourth-order valence-corrected chi connectivity index (χ4v) is 6.24. The summed E-state index contributed by atoms with van der Waals surface area (Å²) in [4.78, 5) is 35.8. The van der Waals surface area contributed by atoms with Gasteiger partial charge in [0.15, 0.2) is 10.8 Å². The van der Waals surface area contributed by atoms with Crippen LogP contribution in [0.4, 0.5) is 13.2 Å². The molecule has 4 rings (SSSR count). The number of nitrogens with zero attached hydrogens (tertiary/aromatic N) is 3. The van der Waals surface area contributed by atoms with E-state index in [1.54, 1.807) is 23.2 Å². The predicted octanol–water partition coefficient (Wildman–Crippen LogP) is 3.13. The largest absolute Gasteiger partial charge is 0.463 e. The number of carbonyl (C=O) groups excluding carboxylic acids is 2. The molecule has 1 aromatic heterocycles. The van der Waals surface area contributed by atoms with Crippen molar-refractivity contribution in [3.05, 3.63) is 61.9 Å². The average molecular weight is 665 g/mol. The lowest BCUT2D eigenvalue weighted by molar-refractivity contribution is -0.139. The zero-order valence-corrected chi connectivity index (χ0v) is 24.5. The summed E-state index contributed by atoms with van der Waals surface area (Å²) in [6.45, 7) is 0.644. The number of sulfonamides is 1. The maximum absolute atomic E-state index is 14.6. The van der Waals surface area contributed by atoms with E-state index >= 15 is 0 Å². The normalized spacial score (nSPS) is 21.1. The fraction of sp³-hybridized carbons (Fsp3) is 0.417. The minimum Gasteiger partial charge on any atom is -0.463 e. The van der Waals surface area contributed by atoms with Crippen molar-refractivity contribution in [2.45, 2.75) is 37.8 Å². The molecule has 0 aliphatic carbocycles. The zero-order valence-electron chi connectivity index (χ0n) is 21.3. The van der Waals surface area contributed by atoms with Gasteiger partial charge in [-0.1, -0.05) is 22.0 Å². The molecule has 2 aromatic rings.